The lowest BCUT2D eigenvalue weighted by molar-refractivity contribution is -0.142. The van der Waals surface area contributed by atoms with Gasteiger partial charge in [-0.1, -0.05) is 19.3 Å². The van der Waals surface area contributed by atoms with Crippen molar-refractivity contribution in [2.75, 3.05) is 13.7 Å². The zero-order valence-electron chi connectivity index (χ0n) is 11.5. The molecule has 1 aliphatic carbocycles. The topological polar surface area (TPSA) is 102 Å². The Balaban J connectivity index is 2.45. The second kappa shape index (κ2) is 7.45. The number of carbonyl (C=O) groups excluding carboxylic acids is 1. The summed E-state index contributed by atoms with van der Waals surface area (Å²) in [6, 6.07) is -0.903. The van der Waals surface area contributed by atoms with Crippen molar-refractivity contribution in [2.24, 2.45) is 5.73 Å². The van der Waals surface area contributed by atoms with Gasteiger partial charge in [0.2, 0.25) is 5.91 Å². The summed E-state index contributed by atoms with van der Waals surface area (Å²) in [6.45, 7) is 0.297. The smallest absolute Gasteiger partial charge is 0.326 e. The van der Waals surface area contributed by atoms with Crippen LogP contribution in [0.4, 0.5) is 0 Å². The van der Waals surface area contributed by atoms with Crippen LogP contribution in [0.5, 0.6) is 0 Å². The van der Waals surface area contributed by atoms with Crippen molar-refractivity contribution < 1.29 is 19.4 Å². The van der Waals surface area contributed by atoms with Crippen molar-refractivity contribution >= 4 is 11.9 Å². The molecule has 1 aliphatic rings. The molecule has 0 aromatic carbocycles. The molecule has 6 heteroatoms. The molecule has 0 saturated heterocycles. The molecule has 110 valence electrons. The first-order valence-corrected chi connectivity index (χ1v) is 6.77. The molecule has 1 unspecified atom stereocenters. The Hall–Kier alpha value is -1.14. The van der Waals surface area contributed by atoms with E-state index in [1.807, 2.05) is 0 Å². The summed E-state index contributed by atoms with van der Waals surface area (Å²) in [5, 5.41) is 11.5. The Bertz CT molecular complexity index is 314. The van der Waals surface area contributed by atoms with Crippen molar-refractivity contribution in [3.63, 3.8) is 0 Å². The van der Waals surface area contributed by atoms with Gasteiger partial charge in [-0.3, -0.25) is 4.79 Å². The molecule has 1 rings (SSSR count). The highest BCUT2D eigenvalue weighted by atomic mass is 16.5. The van der Waals surface area contributed by atoms with E-state index in [1.165, 1.54) is 7.11 Å². The highest BCUT2D eigenvalue weighted by Crippen LogP contribution is 2.28. The second-order valence-corrected chi connectivity index (χ2v) is 5.34. The van der Waals surface area contributed by atoms with Crippen molar-refractivity contribution in [3.05, 3.63) is 0 Å². The van der Waals surface area contributed by atoms with Crippen LogP contribution >= 0.6 is 0 Å². The van der Waals surface area contributed by atoms with E-state index in [9.17, 15) is 9.59 Å². The van der Waals surface area contributed by atoms with Crippen molar-refractivity contribution in [1.29, 1.82) is 0 Å². The molecule has 0 aromatic heterocycles. The van der Waals surface area contributed by atoms with Crippen molar-refractivity contribution in [3.8, 4) is 0 Å². The third-order valence-electron chi connectivity index (χ3n) is 3.61. The van der Waals surface area contributed by atoms with Gasteiger partial charge in [-0.2, -0.15) is 0 Å². The van der Waals surface area contributed by atoms with Crippen molar-refractivity contribution in [2.45, 2.75) is 56.5 Å². The van der Waals surface area contributed by atoms with Gasteiger partial charge in [-0.05, 0) is 12.8 Å². The zero-order valence-corrected chi connectivity index (χ0v) is 11.5. The third kappa shape index (κ3) is 5.57. The van der Waals surface area contributed by atoms with Crippen LogP contribution in [0.25, 0.3) is 0 Å². The van der Waals surface area contributed by atoms with E-state index in [4.69, 9.17) is 15.6 Å². The minimum atomic E-state index is -1.04. The van der Waals surface area contributed by atoms with E-state index in [2.05, 4.69) is 5.32 Å². The fourth-order valence-electron chi connectivity index (χ4n) is 2.49. The highest BCUT2D eigenvalue weighted by Gasteiger charge is 2.31. The average molecular weight is 272 g/mol. The number of methoxy groups -OCH3 is 1. The largest absolute Gasteiger partial charge is 0.480 e. The minimum Gasteiger partial charge on any atom is -0.480 e. The van der Waals surface area contributed by atoms with Gasteiger partial charge in [0.1, 0.15) is 6.04 Å². The number of aliphatic carboxylic acids is 1. The van der Waals surface area contributed by atoms with E-state index in [1.54, 1.807) is 0 Å². The molecular formula is C13H24N2O4. The minimum absolute atomic E-state index is 0.198. The van der Waals surface area contributed by atoms with Crippen molar-refractivity contribution in [1.82, 2.24) is 5.32 Å². The van der Waals surface area contributed by atoms with Crippen LogP contribution in [0.3, 0.4) is 0 Å². The molecule has 0 aliphatic heterocycles. The molecule has 0 radical (unpaired) electrons. The molecule has 0 spiro atoms. The molecule has 1 saturated carbocycles. The summed E-state index contributed by atoms with van der Waals surface area (Å²) >= 11 is 0. The number of hydrogen-bond donors (Lipinski definition) is 3. The van der Waals surface area contributed by atoms with Crippen LogP contribution in [0.1, 0.15) is 44.9 Å². The zero-order chi connectivity index (χ0) is 14.3. The van der Waals surface area contributed by atoms with E-state index in [-0.39, 0.29) is 18.7 Å². The number of ether oxygens (including phenoxy) is 1. The van der Waals surface area contributed by atoms with Gasteiger partial charge in [0.15, 0.2) is 0 Å². The summed E-state index contributed by atoms with van der Waals surface area (Å²) in [7, 11) is 1.50. The van der Waals surface area contributed by atoms with Crippen LogP contribution in [0.15, 0.2) is 0 Å². The Labute approximate surface area is 113 Å². The van der Waals surface area contributed by atoms with Crippen LogP contribution < -0.4 is 11.1 Å². The first kappa shape index (κ1) is 15.9. The maximum absolute atomic E-state index is 11.9. The number of rotatable bonds is 7. The number of hydrogen-bond acceptors (Lipinski definition) is 4. The Morgan fingerprint density at radius 3 is 2.53 bits per heavy atom. The van der Waals surface area contributed by atoms with Gasteiger partial charge in [-0.25, -0.2) is 4.79 Å². The number of carboxylic acid groups (broad SMARTS) is 1. The molecule has 1 amide bonds. The molecule has 0 heterocycles. The SMILES string of the molecule is COCCC(NC(=O)CC1(N)CCCCC1)C(=O)O. The lowest BCUT2D eigenvalue weighted by atomic mass is 9.80. The predicted octanol–water partition coefficient (Wildman–Crippen LogP) is 0.644. The Morgan fingerprint density at radius 1 is 1.37 bits per heavy atom. The molecule has 19 heavy (non-hydrogen) atoms. The Kier molecular flexibility index (Phi) is 6.24. The van der Waals surface area contributed by atoms with Gasteiger partial charge in [0, 0.05) is 32.1 Å². The molecule has 0 bridgehead atoms. The fourth-order valence-corrected chi connectivity index (χ4v) is 2.49. The number of nitrogens with one attached hydrogen (secondary N) is 1. The monoisotopic (exact) mass is 272 g/mol. The predicted molar refractivity (Wildman–Crippen MR) is 70.7 cm³/mol. The summed E-state index contributed by atoms with van der Waals surface area (Å²) in [5.41, 5.74) is 5.71. The van der Waals surface area contributed by atoms with E-state index < -0.39 is 17.6 Å². The third-order valence-corrected chi connectivity index (χ3v) is 3.61. The van der Waals surface area contributed by atoms with Crippen LogP contribution in [0, 0.1) is 0 Å². The molecule has 1 atom stereocenters. The lowest BCUT2D eigenvalue weighted by Gasteiger charge is -2.33. The van der Waals surface area contributed by atoms with E-state index >= 15 is 0 Å². The number of nitrogens with two attached hydrogens (primary N) is 1. The van der Waals surface area contributed by atoms with Crippen LogP contribution in [-0.4, -0.2) is 42.3 Å². The number of amides is 1. The number of carboxylic acids is 1. The standard InChI is InChI=1S/C13H24N2O4/c1-19-8-5-10(12(17)18)15-11(16)9-13(14)6-3-2-4-7-13/h10H,2-9,14H2,1H3,(H,15,16)(H,17,18). The Morgan fingerprint density at radius 2 is 2.00 bits per heavy atom. The van der Waals surface area contributed by atoms with Gasteiger partial charge < -0.3 is 20.9 Å². The highest BCUT2D eigenvalue weighted by molar-refractivity contribution is 5.84. The maximum atomic E-state index is 11.9. The van der Waals surface area contributed by atoms with Gasteiger partial charge in [0.25, 0.3) is 0 Å². The first-order valence-electron chi connectivity index (χ1n) is 6.77. The molecule has 6 nitrogen and oxygen atoms in total. The summed E-state index contributed by atoms with van der Waals surface area (Å²) in [6.07, 6.45) is 5.35. The first-order chi connectivity index (χ1) is 8.97. The lowest BCUT2D eigenvalue weighted by Crippen LogP contribution is -2.49. The quantitative estimate of drug-likeness (QED) is 0.631. The van der Waals surface area contributed by atoms with Gasteiger partial charge in [0.05, 0.1) is 0 Å². The van der Waals surface area contributed by atoms with E-state index in [0.717, 1.165) is 32.1 Å². The summed E-state index contributed by atoms with van der Waals surface area (Å²) < 4.78 is 4.83. The summed E-state index contributed by atoms with van der Waals surface area (Å²) in [4.78, 5) is 22.9. The summed E-state index contributed by atoms with van der Waals surface area (Å²) in [5.74, 6) is -1.33. The van der Waals surface area contributed by atoms with Crippen LogP contribution in [0.2, 0.25) is 0 Å². The normalized spacial score (nSPS) is 19.7. The second-order valence-electron chi connectivity index (χ2n) is 5.34. The maximum Gasteiger partial charge on any atom is 0.326 e. The number of carbonyl (C=O) groups is 2. The molecular weight excluding hydrogens is 248 g/mol. The molecule has 0 aromatic rings. The molecule has 4 N–H and O–H groups in total. The van der Waals surface area contributed by atoms with Crippen LogP contribution in [-0.2, 0) is 14.3 Å². The van der Waals surface area contributed by atoms with Gasteiger partial charge in [-0.15, -0.1) is 0 Å². The fraction of sp³-hybridized carbons (Fsp3) is 0.846. The average Bonchev–Trinajstić information content (AvgIpc) is 2.34. The van der Waals surface area contributed by atoms with Gasteiger partial charge >= 0.3 is 5.97 Å². The van der Waals surface area contributed by atoms with E-state index in [0.29, 0.717) is 6.61 Å². The molecule has 1 fully saturated rings.